The lowest BCUT2D eigenvalue weighted by Crippen LogP contribution is -2.38. The summed E-state index contributed by atoms with van der Waals surface area (Å²) in [4.78, 5) is 6.45. The molecule has 0 aliphatic heterocycles. The van der Waals surface area contributed by atoms with Gasteiger partial charge in [0.2, 0.25) is 0 Å². The van der Waals surface area contributed by atoms with E-state index in [2.05, 4.69) is 27.3 Å². The monoisotopic (exact) mass is 285 g/mol. The van der Waals surface area contributed by atoms with Crippen molar-refractivity contribution in [3.05, 3.63) is 36.1 Å². The predicted octanol–water partition coefficient (Wildman–Crippen LogP) is 3.24. The standard InChI is InChI=1S/C17H23N3O/c1-18-17(19-10-9-13-7-8-13)20(2)12-15-11-14-5-3-4-6-16(14)21-15/h3-6,11,13H,7-10,12H2,1-2H3,(H,18,19). The Morgan fingerprint density at radius 2 is 2.19 bits per heavy atom. The molecule has 4 nitrogen and oxygen atoms in total. The Morgan fingerprint density at radius 1 is 1.38 bits per heavy atom. The Kier molecular flexibility index (Phi) is 4.13. The van der Waals surface area contributed by atoms with Crippen LogP contribution in [0, 0.1) is 5.92 Å². The minimum Gasteiger partial charge on any atom is -0.459 e. The first kappa shape index (κ1) is 14.0. The van der Waals surface area contributed by atoms with Gasteiger partial charge in [-0.15, -0.1) is 0 Å². The van der Waals surface area contributed by atoms with E-state index in [4.69, 9.17) is 4.42 Å². The quantitative estimate of drug-likeness (QED) is 0.677. The van der Waals surface area contributed by atoms with E-state index in [0.29, 0.717) is 0 Å². The second-order valence-electron chi connectivity index (χ2n) is 5.81. The number of nitrogens with zero attached hydrogens (tertiary/aromatic N) is 2. The summed E-state index contributed by atoms with van der Waals surface area (Å²) in [6, 6.07) is 10.2. The smallest absolute Gasteiger partial charge is 0.193 e. The molecule has 0 atom stereocenters. The van der Waals surface area contributed by atoms with E-state index in [0.717, 1.165) is 41.7 Å². The molecular weight excluding hydrogens is 262 g/mol. The third-order valence-electron chi connectivity index (χ3n) is 3.98. The number of furan rings is 1. The summed E-state index contributed by atoms with van der Waals surface area (Å²) >= 11 is 0. The number of nitrogens with one attached hydrogen (secondary N) is 1. The molecule has 1 aliphatic rings. The molecule has 0 unspecified atom stereocenters. The van der Waals surface area contributed by atoms with E-state index in [1.54, 1.807) is 0 Å². The van der Waals surface area contributed by atoms with Crippen molar-refractivity contribution in [1.29, 1.82) is 0 Å². The molecule has 112 valence electrons. The minimum atomic E-state index is 0.720. The first-order chi connectivity index (χ1) is 10.3. The number of rotatable bonds is 5. The van der Waals surface area contributed by atoms with Crippen molar-refractivity contribution < 1.29 is 4.42 Å². The number of hydrogen-bond donors (Lipinski definition) is 1. The zero-order valence-corrected chi connectivity index (χ0v) is 12.8. The third-order valence-corrected chi connectivity index (χ3v) is 3.98. The van der Waals surface area contributed by atoms with E-state index >= 15 is 0 Å². The highest BCUT2D eigenvalue weighted by molar-refractivity contribution is 5.80. The molecule has 1 N–H and O–H groups in total. The molecule has 0 radical (unpaired) electrons. The summed E-state index contributed by atoms with van der Waals surface area (Å²) in [5.74, 6) is 2.83. The second-order valence-corrected chi connectivity index (χ2v) is 5.81. The SMILES string of the molecule is CN=C(NCCC1CC1)N(C)Cc1cc2ccccc2o1. The van der Waals surface area contributed by atoms with E-state index in [1.807, 2.05) is 32.3 Å². The molecule has 2 aromatic rings. The van der Waals surface area contributed by atoms with Crippen LogP contribution >= 0.6 is 0 Å². The normalized spacial score (nSPS) is 15.4. The van der Waals surface area contributed by atoms with Crippen LogP contribution in [0.15, 0.2) is 39.7 Å². The number of guanidine groups is 1. The van der Waals surface area contributed by atoms with Gasteiger partial charge in [0.25, 0.3) is 0 Å². The Hall–Kier alpha value is -1.97. The predicted molar refractivity (Wildman–Crippen MR) is 86.4 cm³/mol. The van der Waals surface area contributed by atoms with Gasteiger partial charge in [0.15, 0.2) is 5.96 Å². The van der Waals surface area contributed by atoms with Crippen molar-refractivity contribution in [2.24, 2.45) is 10.9 Å². The fourth-order valence-electron chi connectivity index (χ4n) is 2.60. The van der Waals surface area contributed by atoms with Crippen LogP contribution in [0.25, 0.3) is 11.0 Å². The minimum absolute atomic E-state index is 0.720. The van der Waals surface area contributed by atoms with Crippen molar-refractivity contribution in [3.8, 4) is 0 Å². The average molecular weight is 285 g/mol. The Labute approximate surface area is 125 Å². The van der Waals surface area contributed by atoms with Crippen LogP contribution in [0.3, 0.4) is 0 Å². The summed E-state index contributed by atoms with van der Waals surface area (Å²) in [5.41, 5.74) is 0.942. The maximum Gasteiger partial charge on any atom is 0.193 e. The van der Waals surface area contributed by atoms with Gasteiger partial charge in [-0.2, -0.15) is 0 Å². The summed E-state index contributed by atoms with van der Waals surface area (Å²) in [6.45, 7) is 1.72. The fraction of sp³-hybridized carbons (Fsp3) is 0.471. The Bertz CT molecular complexity index is 595. The van der Waals surface area contributed by atoms with Crippen LogP contribution in [-0.4, -0.2) is 31.5 Å². The van der Waals surface area contributed by atoms with Crippen molar-refractivity contribution >= 4 is 16.9 Å². The van der Waals surface area contributed by atoms with Gasteiger partial charge in [-0.3, -0.25) is 4.99 Å². The number of aliphatic imine (C=N–C) groups is 1. The zero-order chi connectivity index (χ0) is 14.7. The lowest BCUT2D eigenvalue weighted by molar-refractivity contribution is 0.412. The average Bonchev–Trinajstić information content (AvgIpc) is 3.21. The summed E-state index contributed by atoms with van der Waals surface area (Å²) in [5, 5.41) is 4.58. The van der Waals surface area contributed by atoms with E-state index in [9.17, 15) is 0 Å². The molecule has 3 rings (SSSR count). The highest BCUT2D eigenvalue weighted by Gasteiger charge is 2.20. The highest BCUT2D eigenvalue weighted by Crippen LogP contribution is 2.31. The first-order valence-electron chi connectivity index (χ1n) is 7.65. The lowest BCUT2D eigenvalue weighted by atomic mass is 10.2. The van der Waals surface area contributed by atoms with Gasteiger partial charge < -0.3 is 14.6 Å². The zero-order valence-electron chi connectivity index (χ0n) is 12.8. The molecule has 1 aliphatic carbocycles. The fourth-order valence-corrected chi connectivity index (χ4v) is 2.60. The van der Waals surface area contributed by atoms with Crippen LogP contribution in [-0.2, 0) is 6.54 Å². The molecule has 1 aromatic carbocycles. The molecule has 0 bridgehead atoms. The van der Waals surface area contributed by atoms with E-state index < -0.39 is 0 Å². The summed E-state index contributed by atoms with van der Waals surface area (Å²) in [6.07, 6.45) is 4.04. The molecule has 1 fully saturated rings. The molecule has 1 saturated carbocycles. The van der Waals surface area contributed by atoms with Crippen molar-refractivity contribution in [1.82, 2.24) is 10.2 Å². The van der Waals surface area contributed by atoms with Gasteiger partial charge in [0.05, 0.1) is 6.54 Å². The van der Waals surface area contributed by atoms with E-state index in [-0.39, 0.29) is 0 Å². The molecule has 1 aromatic heterocycles. The van der Waals surface area contributed by atoms with Gasteiger partial charge in [-0.1, -0.05) is 31.0 Å². The van der Waals surface area contributed by atoms with Crippen LogP contribution in [0.2, 0.25) is 0 Å². The summed E-state index contributed by atoms with van der Waals surface area (Å²) < 4.78 is 5.86. The maximum atomic E-state index is 5.86. The maximum absolute atomic E-state index is 5.86. The second kappa shape index (κ2) is 6.20. The van der Waals surface area contributed by atoms with Crippen molar-refractivity contribution in [2.45, 2.75) is 25.8 Å². The van der Waals surface area contributed by atoms with Crippen LogP contribution in [0.4, 0.5) is 0 Å². The number of fused-ring (bicyclic) bond motifs is 1. The van der Waals surface area contributed by atoms with Crippen molar-refractivity contribution in [3.63, 3.8) is 0 Å². The number of benzene rings is 1. The molecular formula is C17H23N3O. The number of para-hydroxylation sites is 1. The lowest BCUT2D eigenvalue weighted by Gasteiger charge is -2.21. The Morgan fingerprint density at radius 3 is 2.90 bits per heavy atom. The van der Waals surface area contributed by atoms with Gasteiger partial charge in [-0.25, -0.2) is 0 Å². The number of hydrogen-bond acceptors (Lipinski definition) is 2. The molecule has 0 amide bonds. The third kappa shape index (κ3) is 3.57. The van der Waals surface area contributed by atoms with Crippen LogP contribution < -0.4 is 5.32 Å². The van der Waals surface area contributed by atoms with Gasteiger partial charge in [0.1, 0.15) is 11.3 Å². The topological polar surface area (TPSA) is 40.8 Å². The van der Waals surface area contributed by atoms with Gasteiger partial charge in [-0.05, 0) is 24.5 Å². The largest absolute Gasteiger partial charge is 0.459 e. The van der Waals surface area contributed by atoms with Gasteiger partial charge in [0, 0.05) is 26.0 Å². The molecule has 21 heavy (non-hydrogen) atoms. The molecule has 1 heterocycles. The van der Waals surface area contributed by atoms with E-state index in [1.165, 1.54) is 19.3 Å². The molecule has 4 heteroatoms. The highest BCUT2D eigenvalue weighted by atomic mass is 16.3. The van der Waals surface area contributed by atoms with Crippen molar-refractivity contribution in [2.75, 3.05) is 20.6 Å². The summed E-state index contributed by atoms with van der Waals surface area (Å²) in [7, 11) is 3.87. The Balaban J connectivity index is 1.58. The molecule has 0 saturated heterocycles. The van der Waals surface area contributed by atoms with Gasteiger partial charge >= 0.3 is 0 Å². The molecule has 0 spiro atoms. The van der Waals surface area contributed by atoms with Crippen LogP contribution in [0.1, 0.15) is 25.0 Å². The first-order valence-corrected chi connectivity index (χ1v) is 7.65. The van der Waals surface area contributed by atoms with Crippen LogP contribution in [0.5, 0.6) is 0 Å².